The third kappa shape index (κ3) is 5.94. The molecule has 0 unspecified atom stereocenters. The molecule has 8 nitrogen and oxygen atoms in total. The maximum absolute atomic E-state index is 14.1. The Morgan fingerprint density at radius 3 is 2.42 bits per heavy atom. The van der Waals surface area contributed by atoms with Crippen LogP contribution in [-0.2, 0) is 16.1 Å². The fourth-order valence-corrected chi connectivity index (χ4v) is 5.91. The molecule has 5 rings (SSSR count). The summed E-state index contributed by atoms with van der Waals surface area (Å²) in [6, 6.07) is 15.2. The van der Waals surface area contributed by atoms with Crippen molar-refractivity contribution in [3.8, 4) is 11.5 Å². The third-order valence-electron chi connectivity index (χ3n) is 7.03. The van der Waals surface area contributed by atoms with E-state index in [0.29, 0.717) is 31.9 Å². The second kappa shape index (κ2) is 12.2. The van der Waals surface area contributed by atoms with E-state index in [9.17, 15) is 18.4 Å². The van der Waals surface area contributed by atoms with Crippen molar-refractivity contribution in [1.29, 1.82) is 0 Å². The van der Waals surface area contributed by atoms with Crippen LogP contribution in [0.25, 0.3) is 6.08 Å². The zero-order chi connectivity index (χ0) is 30.8. The lowest BCUT2D eigenvalue weighted by atomic mass is 9.95. The first kappa shape index (κ1) is 29.7. The summed E-state index contributed by atoms with van der Waals surface area (Å²) in [5.41, 5.74) is 3.41. The van der Waals surface area contributed by atoms with Crippen molar-refractivity contribution in [2.24, 2.45) is 4.99 Å². The Balaban J connectivity index is 1.57. The van der Waals surface area contributed by atoms with E-state index in [0.717, 1.165) is 23.4 Å². The fourth-order valence-electron chi connectivity index (χ4n) is 4.86. The SMILES string of the molecule is COC(=O)C1=C(C)N=c2sc(=Cc3ccc(OC)c(COc4ccc(F)cc4F)c3)c(=O)n2[C@H]1c1ccc(N(C)C)cc1. The molecule has 1 aliphatic heterocycles. The number of hydrogen-bond donors (Lipinski definition) is 0. The van der Waals surface area contributed by atoms with Crippen LogP contribution in [0.3, 0.4) is 0 Å². The van der Waals surface area contributed by atoms with Gasteiger partial charge in [-0.3, -0.25) is 9.36 Å². The zero-order valence-corrected chi connectivity index (χ0v) is 25.0. The van der Waals surface area contributed by atoms with Gasteiger partial charge in [-0.2, -0.15) is 0 Å². The average molecular weight is 606 g/mol. The predicted molar refractivity (Wildman–Crippen MR) is 160 cm³/mol. The van der Waals surface area contributed by atoms with Crippen LogP contribution in [0.1, 0.15) is 29.7 Å². The Kier molecular flexibility index (Phi) is 8.45. The Morgan fingerprint density at radius 2 is 1.77 bits per heavy atom. The number of carbonyl (C=O) groups excluding carboxylic acids is 1. The molecule has 43 heavy (non-hydrogen) atoms. The quantitative estimate of drug-likeness (QED) is 0.278. The number of aromatic nitrogens is 1. The molecule has 222 valence electrons. The van der Waals surface area contributed by atoms with Crippen LogP contribution in [0.5, 0.6) is 11.5 Å². The standard InChI is InChI=1S/C32H29F2N3O5S/c1-18-28(31(39)41-5)29(20-7-10-23(11-8-20)36(2)3)37-30(38)27(43-32(37)35-18)15-19-6-12-25(40-4)21(14-19)17-42-26-13-9-22(33)16-24(26)34/h6-16,29H,17H2,1-5H3/t29-/m0/s1. The van der Waals surface area contributed by atoms with Gasteiger partial charge in [0.15, 0.2) is 16.4 Å². The van der Waals surface area contributed by atoms with E-state index in [1.54, 1.807) is 31.2 Å². The van der Waals surface area contributed by atoms with Crippen LogP contribution in [0.2, 0.25) is 0 Å². The largest absolute Gasteiger partial charge is 0.496 e. The van der Waals surface area contributed by atoms with Crippen molar-refractivity contribution in [3.63, 3.8) is 0 Å². The molecule has 0 fully saturated rings. The molecule has 11 heteroatoms. The highest BCUT2D eigenvalue weighted by Gasteiger charge is 2.33. The number of thiazole rings is 1. The van der Waals surface area contributed by atoms with Gasteiger partial charge >= 0.3 is 5.97 Å². The molecule has 1 atom stereocenters. The number of anilines is 1. The second-order valence-corrected chi connectivity index (χ2v) is 11.0. The third-order valence-corrected chi connectivity index (χ3v) is 8.01. The number of carbonyl (C=O) groups is 1. The molecule has 3 aromatic carbocycles. The van der Waals surface area contributed by atoms with Gasteiger partial charge in [-0.15, -0.1) is 0 Å². The Morgan fingerprint density at radius 1 is 1.05 bits per heavy atom. The number of nitrogens with zero attached hydrogens (tertiary/aromatic N) is 3. The van der Waals surface area contributed by atoms with E-state index in [1.807, 2.05) is 43.3 Å². The van der Waals surface area contributed by atoms with Crippen LogP contribution in [0.4, 0.5) is 14.5 Å². The lowest BCUT2D eigenvalue weighted by molar-refractivity contribution is -0.136. The lowest BCUT2D eigenvalue weighted by Crippen LogP contribution is -2.39. The molecule has 4 aromatic rings. The molecule has 1 aromatic heterocycles. The Bertz CT molecular complexity index is 1910. The van der Waals surface area contributed by atoms with Crippen molar-refractivity contribution in [1.82, 2.24) is 4.57 Å². The number of rotatable bonds is 8. The van der Waals surface area contributed by atoms with Gasteiger partial charge < -0.3 is 19.1 Å². The summed E-state index contributed by atoms with van der Waals surface area (Å²) in [6.45, 7) is 1.67. The van der Waals surface area contributed by atoms with Crippen LogP contribution in [0, 0.1) is 11.6 Å². The van der Waals surface area contributed by atoms with Gasteiger partial charge in [0.25, 0.3) is 5.56 Å². The number of methoxy groups -OCH3 is 2. The summed E-state index contributed by atoms with van der Waals surface area (Å²) in [5.74, 6) is -1.68. The summed E-state index contributed by atoms with van der Waals surface area (Å²) >= 11 is 1.20. The predicted octanol–water partition coefficient (Wildman–Crippen LogP) is 4.34. The van der Waals surface area contributed by atoms with Crippen molar-refractivity contribution >= 4 is 29.1 Å². The molecular weight excluding hydrogens is 576 g/mol. The monoisotopic (exact) mass is 605 g/mol. The molecular formula is C32H29F2N3O5S. The fraction of sp³-hybridized carbons (Fsp3) is 0.219. The summed E-state index contributed by atoms with van der Waals surface area (Å²) in [7, 11) is 6.66. The van der Waals surface area contributed by atoms with Crippen LogP contribution < -0.4 is 29.3 Å². The van der Waals surface area contributed by atoms with Crippen molar-refractivity contribution in [2.45, 2.75) is 19.6 Å². The number of ether oxygens (including phenoxy) is 3. The first-order valence-electron chi connectivity index (χ1n) is 13.2. The topological polar surface area (TPSA) is 82.4 Å². The zero-order valence-electron chi connectivity index (χ0n) is 24.2. The Hall–Kier alpha value is -4.77. The first-order valence-corrected chi connectivity index (χ1v) is 14.1. The molecule has 0 aliphatic carbocycles. The molecule has 1 aliphatic rings. The van der Waals surface area contributed by atoms with E-state index in [2.05, 4.69) is 4.99 Å². The maximum Gasteiger partial charge on any atom is 0.338 e. The van der Waals surface area contributed by atoms with E-state index in [1.165, 1.54) is 36.2 Å². The summed E-state index contributed by atoms with van der Waals surface area (Å²) in [4.78, 5) is 33.8. The highest BCUT2D eigenvalue weighted by atomic mass is 32.1. The number of hydrogen-bond acceptors (Lipinski definition) is 8. The minimum atomic E-state index is -0.816. The van der Waals surface area contributed by atoms with Gasteiger partial charge in [-0.1, -0.05) is 29.5 Å². The number of allylic oxidation sites excluding steroid dienone is 1. The molecule has 0 saturated heterocycles. The molecule has 0 radical (unpaired) electrons. The summed E-state index contributed by atoms with van der Waals surface area (Å²) in [6.07, 6.45) is 1.72. The first-order chi connectivity index (χ1) is 20.6. The van der Waals surface area contributed by atoms with E-state index < -0.39 is 23.6 Å². The van der Waals surface area contributed by atoms with Crippen molar-refractivity contribution in [2.75, 3.05) is 33.2 Å². The van der Waals surface area contributed by atoms with Gasteiger partial charge in [0.2, 0.25) is 0 Å². The molecule has 0 bridgehead atoms. The van der Waals surface area contributed by atoms with Crippen molar-refractivity contribution < 1.29 is 27.8 Å². The molecule has 2 heterocycles. The number of benzene rings is 3. The van der Waals surface area contributed by atoms with E-state index in [-0.39, 0.29) is 23.5 Å². The minimum Gasteiger partial charge on any atom is -0.496 e. The van der Waals surface area contributed by atoms with E-state index >= 15 is 0 Å². The van der Waals surface area contributed by atoms with Gasteiger partial charge in [0.1, 0.15) is 18.2 Å². The Labute approximate surface area is 250 Å². The molecule has 0 spiro atoms. The van der Waals surface area contributed by atoms with Crippen molar-refractivity contribution in [3.05, 3.63) is 120 Å². The number of esters is 1. The minimum absolute atomic E-state index is 0.0563. The normalized spacial score (nSPS) is 14.7. The lowest BCUT2D eigenvalue weighted by Gasteiger charge is -2.25. The average Bonchev–Trinajstić information content (AvgIpc) is 3.29. The van der Waals surface area contributed by atoms with Crippen LogP contribution >= 0.6 is 11.3 Å². The molecule has 0 amide bonds. The van der Waals surface area contributed by atoms with Crippen LogP contribution in [-0.4, -0.2) is 38.9 Å². The highest BCUT2D eigenvalue weighted by molar-refractivity contribution is 7.07. The van der Waals surface area contributed by atoms with E-state index in [4.69, 9.17) is 14.2 Å². The van der Waals surface area contributed by atoms with Gasteiger partial charge in [-0.05, 0) is 60.5 Å². The highest BCUT2D eigenvalue weighted by Crippen LogP contribution is 2.31. The molecule has 0 saturated carbocycles. The number of halogens is 2. The summed E-state index contributed by atoms with van der Waals surface area (Å²) in [5, 5.41) is 0. The second-order valence-electron chi connectivity index (χ2n) is 9.99. The number of fused-ring (bicyclic) bond motifs is 1. The van der Waals surface area contributed by atoms with Gasteiger partial charge in [-0.25, -0.2) is 18.6 Å². The molecule has 0 N–H and O–H groups in total. The van der Waals surface area contributed by atoms with Gasteiger partial charge in [0.05, 0.1) is 36.1 Å². The van der Waals surface area contributed by atoms with Gasteiger partial charge in [0, 0.05) is 31.4 Å². The summed E-state index contributed by atoms with van der Waals surface area (Å²) < 4.78 is 45.4. The van der Waals surface area contributed by atoms with Crippen LogP contribution in [0.15, 0.2) is 81.7 Å². The maximum atomic E-state index is 14.1. The smallest absolute Gasteiger partial charge is 0.338 e.